The van der Waals surface area contributed by atoms with E-state index in [2.05, 4.69) is 18.1 Å². The summed E-state index contributed by atoms with van der Waals surface area (Å²) in [6, 6.07) is 5.42. The Hall–Kier alpha value is -2.52. The topological polar surface area (TPSA) is 81.4 Å². The number of nitrogens with zero attached hydrogens (tertiary/aromatic N) is 2. The quantitative estimate of drug-likeness (QED) is 0.490. The van der Waals surface area contributed by atoms with Gasteiger partial charge < -0.3 is 9.84 Å². The molecule has 1 aromatic heterocycles. The van der Waals surface area contributed by atoms with Gasteiger partial charge in [-0.1, -0.05) is 19.4 Å². The van der Waals surface area contributed by atoms with Crippen molar-refractivity contribution >= 4 is 28.9 Å². The van der Waals surface area contributed by atoms with E-state index in [9.17, 15) is 23.5 Å². The van der Waals surface area contributed by atoms with Gasteiger partial charge in [-0.05, 0) is 109 Å². The van der Waals surface area contributed by atoms with Crippen LogP contribution < -0.4 is 0 Å². The summed E-state index contributed by atoms with van der Waals surface area (Å²) >= 11 is 0.562. The average Bonchev–Trinajstić information content (AvgIpc) is 3.40. The van der Waals surface area contributed by atoms with Crippen LogP contribution in [0.5, 0.6) is 0 Å². The largest absolute Gasteiger partial charge is 0.450 e. The predicted molar refractivity (Wildman–Crippen MR) is 144 cm³/mol. The first-order valence-corrected chi connectivity index (χ1v) is 14.7. The van der Waals surface area contributed by atoms with Crippen molar-refractivity contribution in [3.05, 3.63) is 53.1 Å². The predicted octanol–water partition coefficient (Wildman–Crippen LogP) is 5.65. The standard InChI is InChI=1S/C30H34F2N2O4S/c1-17(35)38-30(27(37)39-16-31)11-10-23-22-9-4-19-12-24-18(15-33-34(24)21-7-5-20(32)6-8-21)13-28(19,2)26(22)25(36)14-29(23,30)3/h5-8,12,15,22-23,25-26,36H,4,9-11,13-14,16H2,1-3H3/t22?,23-,25?,26+,28?,29?,30?/m0/s1. The average molecular weight is 557 g/mol. The summed E-state index contributed by atoms with van der Waals surface area (Å²) in [5.41, 5.74) is 1.65. The summed E-state index contributed by atoms with van der Waals surface area (Å²) in [4.78, 5) is 25.5. The molecule has 3 saturated carbocycles. The van der Waals surface area contributed by atoms with Crippen molar-refractivity contribution in [1.29, 1.82) is 0 Å². The highest BCUT2D eigenvalue weighted by atomic mass is 32.2. The number of halogens is 2. The molecule has 5 unspecified atom stereocenters. The lowest BCUT2D eigenvalue weighted by molar-refractivity contribution is -0.195. The number of alkyl halides is 1. The number of aliphatic hydroxyl groups is 1. The van der Waals surface area contributed by atoms with E-state index in [0.717, 1.165) is 36.2 Å². The third kappa shape index (κ3) is 3.79. The van der Waals surface area contributed by atoms with Crippen LogP contribution in [0.3, 0.4) is 0 Å². The normalized spacial score (nSPS) is 36.7. The molecule has 6 rings (SSSR count). The maximum absolute atomic E-state index is 13.5. The van der Waals surface area contributed by atoms with E-state index >= 15 is 0 Å². The number of aliphatic hydroxyl groups excluding tert-OH is 1. The zero-order valence-electron chi connectivity index (χ0n) is 22.5. The van der Waals surface area contributed by atoms with E-state index in [1.165, 1.54) is 24.6 Å². The second-order valence-electron chi connectivity index (χ2n) is 12.2. The Labute approximate surface area is 231 Å². The van der Waals surface area contributed by atoms with E-state index in [1.54, 1.807) is 12.1 Å². The fourth-order valence-corrected chi connectivity index (χ4v) is 9.63. The number of rotatable bonds is 4. The van der Waals surface area contributed by atoms with Crippen LogP contribution in [0.25, 0.3) is 11.8 Å². The van der Waals surface area contributed by atoms with Crippen LogP contribution in [-0.4, -0.2) is 43.7 Å². The van der Waals surface area contributed by atoms with Gasteiger partial charge in [-0.25, -0.2) is 13.5 Å². The van der Waals surface area contributed by atoms with Gasteiger partial charge in [0, 0.05) is 12.3 Å². The minimum atomic E-state index is -1.43. The van der Waals surface area contributed by atoms with Gasteiger partial charge in [-0.3, -0.25) is 9.59 Å². The Balaban J connectivity index is 1.36. The van der Waals surface area contributed by atoms with Crippen molar-refractivity contribution < 1.29 is 28.2 Å². The molecule has 1 N–H and O–H groups in total. The highest BCUT2D eigenvalue weighted by Gasteiger charge is 2.70. The minimum absolute atomic E-state index is 0.0324. The maximum Gasteiger partial charge on any atom is 0.303 e. The molecule has 2 aromatic rings. The minimum Gasteiger partial charge on any atom is -0.450 e. The second kappa shape index (κ2) is 9.26. The molecule has 4 aliphatic rings. The molecule has 6 nitrogen and oxygen atoms in total. The van der Waals surface area contributed by atoms with Crippen LogP contribution in [0.4, 0.5) is 8.78 Å². The monoisotopic (exact) mass is 556 g/mol. The number of carbonyl (C=O) groups excluding carboxylic acids is 2. The lowest BCUT2D eigenvalue weighted by atomic mass is 9.45. The van der Waals surface area contributed by atoms with Crippen molar-refractivity contribution in [3.63, 3.8) is 0 Å². The van der Waals surface area contributed by atoms with E-state index < -0.39 is 34.2 Å². The highest BCUT2D eigenvalue weighted by Crippen LogP contribution is 2.68. The number of ether oxygens (including phenoxy) is 1. The molecule has 4 aliphatic carbocycles. The summed E-state index contributed by atoms with van der Waals surface area (Å²) < 4.78 is 34.5. The molecule has 208 valence electrons. The summed E-state index contributed by atoms with van der Waals surface area (Å²) in [6.07, 6.45) is 7.14. The molecule has 1 aromatic carbocycles. The van der Waals surface area contributed by atoms with Crippen molar-refractivity contribution in [2.24, 2.45) is 28.6 Å². The van der Waals surface area contributed by atoms with Gasteiger partial charge in [-0.2, -0.15) is 5.10 Å². The summed E-state index contributed by atoms with van der Waals surface area (Å²) in [5.74, 6) is -0.682. The first kappa shape index (κ1) is 26.7. The Morgan fingerprint density at radius 3 is 2.67 bits per heavy atom. The molecule has 1 heterocycles. The van der Waals surface area contributed by atoms with Gasteiger partial charge in [0.15, 0.2) is 5.60 Å². The SMILES string of the molecule is CC(=O)OC1(C(=O)SCF)CC[C@H]2C3CCC4=Cc5c(cnn5-c5ccc(F)cc5)CC4(C)[C@H]3C(O)CC21C. The first-order chi connectivity index (χ1) is 18.5. The van der Waals surface area contributed by atoms with Crippen LogP contribution in [0.2, 0.25) is 0 Å². The van der Waals surface area contributed by atoms with Crippen molar-refractivity contribution in [2.75, 3.05) is 6.01 Å². The fourth-order valence-electron chi connectivity index (χ4n) is 8.92. The van der Waals surface area contributed by atoms with Crippen LogP contribution in [0.1, 0.15) is 64.1 Å². The molecular formula is C30H34F2N2O4S. The lowest BCUT2D eigenvalue weighted by Gasteiger charge is -2.60. The molecule has 3 fully saturated rings. The Morgan fingerprint density at radius 1 is 1.23 bits per heavy atom. The van der Waals surface area contributed by atoms with Crippen molar-refractivity contribution in [3.8, 4) is 5.69 Å². The number of benzene rings is 1. The van der Waals surface area contributed by atoms with Crippen LogP contribution >= 0.6 is 11.8 Å². The van der Waals surface area contributed by atoms with Crippen LogP contribution in [-0.2, 0) is 20.7 Å². The van der Waals surface area contributed by atoms with E-state index in [-0.39, 0.29) is 29.0 Å². The van der Waals surface area contributed by atoms with Gasteiger partial charge in [-0.15, -0.1) is 0 Å². The molecule has 0 radical (unpaired) electrons. The lowest BCUT2D eigenvalue weighted by Crippen LogP contribution is -2.62. The molecule has 7 atom stereocenters. The number of carbonyl (C=O) groups is 2. The van der Waals surface area contributed by atoms with Gasteiger partial charge in [0.2, 0.25) is 5.12 Å². The van der Waals surface area contributed by atoms with Gasteiger partial charge >= 0.3 is 5.97 Å². The van der Waals surface area contributed by atoms with Crippen molar-refractivity contribution in [2.45, 2.75) is 71.0 Å². The molecule has 0 bridgehead atoms. The van der Waals surface area contributed by atoms with Crippen LogP contribution in [0, 0.1) is 34.4 Å². The second-order valence-corrected chi connectivity index (χ2v) is 13.1. The summed E-state index contributed by atoms with van der Waals surface area (Å²) in [5, 5.41) is 16.0. The van der Waals surface area contributed by atoms with E-state index in [1.807, 2.05) is 17.8 Å². The number of hydrogen-bond donors (Lipinski definition) is 1. The van der Waals surface area contributed by atoms with E-state index in [0.29, 0.717) is 31.0 Å². The fraction of sp³-hybridized carbons (Fsp3) is 0.567. The third-order valence-electron chi connectivity index (χ3n) is 10.4. The first-order valence-electron chi connectivity index (χ1n) is 13.7. The number of esters is 1. The third-order valence-corrected chi connectivity index (χ3v) is 11.2. The Bertz CT molecular complexity index is 1360. The molecule has 0 spiro atoms. The Kier molecular flexibility index (Phi) is 6.34. The van der Waals surface area contributed by atoms with Gasteiger partial charge in [0.25, 0.3) is 0 Å². The summed E-state index contributed by atoms with van der Waals surface area (Å²) in [6.45, 7) is 5.49. The molecule has 0 amide bonds. The number of aromatic nitrogens is 2. The zero-order chi connectivity index (χ0) is 27.7. The zero-order valence-corrected chi connectivity index (χ0v) is 23.3. The number of hydrogen-bond acceptors (Lipinski definition) is 6. The highest BCUT2D eigenvalue weighted by molar-refractivity contribution is 8.13. The number of allylic oxidation sites excluding steroid dienone is 1. The van der Waals surface area contributed by atoms with Crippen molar-refractivity contribution in [1.82, 2.24) is 9.78 Å². The number of fused-ring (bicyclic) bond motifs is 6. The summed E-state index contributed by atoms with van der Waals surface area (Å²) in [7, 11) is 0. The maximum atomic E-state index is 13.5. The van der Waals surface area contributed by atoms with Gasteiger partial charge in [0.05, 0.1) is 23.7 Å². The van der Waals surface area contributed by atoms with E-state index in [4.69, 9.17) is 4.74 Å². The number of thioether (sulfide) groups is 1. The molecule has 39 heavy (non-hydrogen) atoms. The Morgan fingerprint density at radius 2 is 1.97 bits per heavy atom. The molecule has 0 aliphatic heterocycles. The van der Waals surface area contributed by atoms with Crippen LogP contribution in [0.15, 0.2) is 36.0 Å². The van der Waals surface area contributed by atoms with Gasteiger partial charge in [0.1, 0.15) is 11.8 Å². The molecular weight excluding hydrogens is 522 g/mol. The molecule has 0 saturated heterocycles. The smallest absolute Gasteiger partial charge is 0.303 e. The molecule has 9 heteroatoms.